The SMILES string of the molecule is CCCCCCCCCCCOc1ccc(-c2cc3c(cc2-c2ccc(OCCCCCCCCCCC)c(OCCCCCCCCCCC)c2)OCCOCCOc2cc(-c4ccc(OCCCCCCCCCCC)c(OCCCCCCCCCCC)c4)c(-c4ccc(OCCCCCCCCCCC)c(OCCCCCCCCCCC)c4)cc2OCCOCCOCCO3)cc1OCCCCCCCCCCC. The van der Waals surface area contributed by atoms with Crippen LogP contribution >= 0.6 is 0 Å². The molecule has 1 heterocycles. The summed E-state index contributed by atoms with van der Waals surface area (Å²) in [7, 11) is 0. The van der Waals surface area contributed by atoms with Crippen LogP contribution in [0.3, 0.4) is 0 Å². The van der Waals surface area contributed by atoms with Crippen LogP contribution in [-0.4, -0.2) is 119 Å². The predicted octanol–water partition coefficient (Wildman–Crippen LogP) is 40.9. The molecule has 6 aromatic carbocycles. The summed E-state index contributed by atoms with van der Waals surface area (Å²) in [5.41, 5.74) is 7.68. The van der Waals surface area contributed by atoms with Gasteiger partial charge in [0, 0.05) is 0 Å². The third kappa shape index (κ3) is 60.5. The van der Waals surface area contributed by atoms with E-state index in [0.717, 1.165) is 193 Å². The van der Waals surface area contributed by atoms with Crippen LogP contribution in [0.2, 0.25) is 0 Å². The van der Waals surface area contributed by atoms with Gasteiger partial charge in [0.15, 0.2) is 69.0 Å². The predicted molar refractivity (Wildman–Crippen MR) is 631 cm³/mol. The van der Waals surface area contributed by atoms with E-state index in [1.54, 1.807) is 0 Å². The van der Waals surface area contributed by atoms with Gasteiger partial charge in [-0.15, -0.1) is 0 Å². The fraction of sp³-hybridized carbons (Fsp3) is 0.731. The number of hydrogen-bond acceptors (Lipinski definition) is 15. The molecular formula is C134H220O15. The number of unbranched alkanes of at least 4 members (excludes halogenated alkanes) is 64. The quantitative estimate of drug-likeness (QED) is 0.0335. The Balaban J connectivity index is 1.27. The average molecular weight is 2070 g/mol. The van der Waals surface area contributed by atoms with Gasteiger partial charge in [-0.25, -0.2) is 0 Å². The second kappa shape index (κ2) is 91.1. The van der Waals surface area contributed by atoms with Crippen LogP contribution in [-0.2, 0) is 14.2 Å². The van der Waals surface area contributed by atoms with Gasteiger partial charge in [0.1, 0.15) is 26.4 Å². The first kappa shape index (κ1) is 129. The van der Waals surface area contributed by atoms with E-state index < -0.39 is 0 Å². The highest BCUT2D eigenvalue weighted by atomic mass is 16.6. The minimum atomic E-state index is 0.229. The number of hydrogen-bond donors (Lipinski definition) is 0. The molecule has 6 aromatic rings. The molecule has 0 aromatic heterocycles. The number of fused-ring (bicyclic) bond motifs is 2. The first-order chi connectivity index (χ1) is 73.9. The van der Waals surface area contributed by atoms with Crippen molar-refractivity contribution in [2.24, 2.45) is 0 Å². The summed E-state index contributed by atoms with van der Waals surface area (Å²) in [5.74, 6) is 8.46. The van der Waals surface area contributed by atoms with Crippen molar-refractivity contribution in [1.29, 1.82) is 0 Å². The van der Waals surface area contributed by atoms with Crippen molar-refractivity contribution >= 4 is 0 Å². The third-order valence-corrected chi connectivity index (χ3v) is 29.5. The molecule has 7 rings (SSSR count). The Kier molecular flexibility index (Phi) is 78.7. The van der Waals surface area contributed by atoms with E-state index in [2.05, 4.69) is 152 Å². The van der Waals surface area contributed by atoms with E-state index in [1.165, 1.54) is 360 Å². The smallest absolute Gasteiger partial charge is 0.161 e. The van der Waals surface area contributed by atoms with Gasteiger partial charge in [0.25, 0.3) is 0 Å². The Morgan fingerprint density at radius 1 is 0.141 bits per heavy atom. The summed E-state index contributed by atoms with van der Waals surface area (Å²) < 4.78 is 102. The lowest BCUT2D eigenvalue weighted by atomic mass is 9.93. The molecule has 0 bridgehead atoms. The first-order valence-corrected chi connectivity index (χ1v) is 63.1. The molecule has 15 heteroatoms. The van der Waals surface area contributed by atoms with Gasteiger partial charge >= 0.3 is 0 Å². The minimum Gasteiger partial charge on any atom is -0.490 e. The molecule has 0 radical (unpaired) electrons. The second-order valence-corrected chi connectivity index (χ2v) is 43.0. The van der Waals surface area contributed by atoms with Crippen LogP contribution < -0.4 is 56.8 Å². The van der Waals surface area contributed by atoms with Crippen molar-refractivity contribution in [2.45, 2.75) is 518 Å². The maximum absolute atomic E-state index is 7.03. The van der Waals surface area contributed by atoms with Crippen LogP contribution in [0, 0.1) is 0 Å². The van der Waals surface area contributed by atoms with Crippen LogP contribution in [0.4, 0.5) is 0 Å². The van der Waals surface area contributed by atoms with E-state index in [-0.39, 0.29) is 39.6 Å². The zero-order chi connectivity index (χ0) is 105. The van der Waals surface area contributed by atoms with E-state index >= 15 is 0 Å². The molecule has 0 unspecified atom stereocenters. The lowest BCUT2D eigenvalue weighted by molar-refractivity contribution is 0.0268. The molecule has 846 valence electrons. The molecule has 0 fully saturated rings. The van der Waals surface area contributed by atoms with Gasteiger partial charge in [0.05, 0.1) is 92.5 Å². The highest BCUT2D eigenvalue weighted by molar-refractivity contribution is 5.89. The van der Waals surface area contributed by atoms with Crippen molar-refractivity contribution < 1.29 is 71.1 Å². The van der Waals surface area contributed by atoms with Gasteiger partial charge < -0.3 is 71.1 Å². The molecule has 1 aliphatic rings. The number of benzene rings is 6. The topological polar surface area (TPSA) is 138 Å². The summed E-state index contributed by atoms with van der Waals surface area (Å²) in [5, 5.41) is 0. The van der Waals surface area contributed by atoms with Crippen LogP contribution in [0.25, 0.3) is 44.5 Å². The fourth-order valence-electron chi connectivity index (χ4n) is 20.2. The summed E-state index contributed by atoms with van der Waals surface area (Å²) in [4.78, 5) is 0. The first-order valence-electron chi connectivity index (χ1n) is 63.1. The van der Waals surface area contributed by atoms with Gasteiger partial charge in [0.2, 0.25) is 0 Å². The van der Waals surface area contributed by atoms with E-state index in [1.807, 2.05) is 0 Å². The van der Waals surface area contributed by atoms with Crippen molar-refractivity contribution in [3.05, 3.63) is 97.1 Å². The normalized spacial score (nSPS) is 12.8. The Bertz CT molecular complexity index is 3860. The van der Waals surface area contributed by atoms with Gasteiger partial charge in [-0.2, -0.15) is 0 Å². The number of rotatable bonds is 92. The van der Waals surface area contributed by atoms with Crippen LogP contribution in [0.5, 0.6) is 69.0 Å². The monoisotopic (exact) mass is 2070 g/mol. The molecule has 149 heavy (non-hydrogen) atoms. The molecule has 0 amide bonds. The molecule has 0 aliphatic carbocycles. The largest absolute Gasteiger partial charge is 0.490 e. The average Bonchev–Trinajstić information content (AvgIpc) is 0.780. The molecule has 1 aliphatic heterocycles. The molecule has 15 nitrogen and oxygen atoms in total. The molecular weight excluding hydrogens is 1850 g/mol. The minimum absolute atomic E-state index is 0.229. The summed E-state index contributed by atoms with van der Waals surface area (Å²) in [6.45, 7) is 26.2. The third-order valence-electron chi connectivity index (χ3n) is 29.5. The molecule has 0 N–H and O–H groups in total. The van der Waals surface area contributed by atoms with Gasteiger partial charge in [-0.05, 0) is 169 Å². The highest BCUT2D eigenvalue weighted by Gasteiger charge is 2.25. The van der Waals surface area contributed by atoms with Gasteiger partial charge in [-0.1, -0.05) is 491 Å². The van der Waals surface area contributed by atoms with E-state index in [0.29, 0.717) is 102 Å². The molecule has 0 saturated carbocycles. The zero-order valence-electron chi connectivity index (χ0n) is 97.0. The Morgan fingerprint density at radius 3 is 0.416 bits per heavy atom. The van der Waals surface area contributed by atoms with E-state index in [9.17, 15) is 0 Å². The molecule has 0 atom stereocenters. The maximum atomic E-state index is 7.03. The van der Waals surface area contributed by atoms with Crippen LogP contribution in [0.1, 0.15) is 518 Å². The lowest BCUT2D eigenvalue weighted by Crippen LogP contribution is -2.14. The van der Waals surface area contributed by atoms with Crippen molar-refractivity contribution in [1.82, 2.24) is 0 Å². The van der Waals surface area contributed by atoms with Crippen LogP contribution in [0.15, 0.2) is 97.1 Å². The lowest BCUT2D eigenvalue weighted by Gasteiger charge is -2.21. The highest BCUT2D eigenvalue weighted by Crippen LogP contribution is 2.49. The number of ether oxygens (including phenoxy) is 15. The Hall–Kier alpha value is -7.20. The summed E-state index contributed by atoms with van der Waals surface area (Å²) in [6, 6.07) is 34.7. The van der Waals surface area contributed by atoms with Gasteiger partial charge in [-0.3, -0.25) is 0 Å². The van der Waals surface area contributed by atoms with Crippen molar-refractivity contribution in [2.75, 3.05) is 119 Å². The fourth-order valence-corrected chi connectivity index (χ4v) is 20.2. The molecule has 0 saturated heterocycles. The Labute approximate surface area is 912 Å². The second-order valence-electron chi connectivity index (χ2n) is 43.0. The summed E-state index contributed by atoms with van der Waals surface area (Å²) >= 11 is 0. The van der Waals surface area contributed by atoms with E-state index in [4.69, 9.17) is 71.1 Å². The zero-order valence-corrected chi connectivity index (χ0v) is 97.0. The maximum Gasteiger partial charge on any atom is 0.161 e. The van der Waals surface area contributed by atoms with Crippen molar-refractivity contribution in [3.8, 4) is 114 Å². The Morgan fingerprint density at radius 2 is 0.268 bits per heavy atom. The van der Waals surface area contributed by atoms with Crippen molar-refractivity contribution in [3.63, 3.8) is 0 Å². The standard InChI is InChI=1S/C134H220O15/c1-9-17-25-33-41-49-57-65-73-89-138-123-85-81-115(107-127(123)142-93-77-69-61-53-45-37-29-21-13-5)119-111-131-133(113-121(119)117-83-87-125(140-91-75-67-59-51-43-35-27-19-11-3)129(109-117)144-95-79-71-63-55-47-39-31-23-15-7)148-105-101-137-102-106-149-134-114-122(118-84-88-126(141-92-76-68-60-52-44-36-28-20-12-4)130(110-118)145-96-80-72-64-56-48-40-32-24-16-8)120(112-132(134)147-104-100-136-98-97-135-99-103-146-131)116-82-86-124(139-90-74-66-58-50-42-34-26-18-10-2)128(108-116)143-94-78-70-62-54-46-38-30-22-14-6/h81-88,107-114H,9-80,89-106H2,1-8H3. The molecule has 0 spiro atoms. The summed E-state index contributed by atoms with van der Waals surface area (Å²) in [6.07, 6.45) is 89.5.